The van der Waals surface area contributed by atoms with E-state index in [2.05, 4.69) is 72.7 Å². The van der Waals surface area contributed by atoms with Gasteiger partial charge in [0.1, 0.15) is 11.5 Å². The number of para-hydroxylation sites is 1. The molecule has 0 radical (unpaired) electrons. The van der Waals surface area contributed by atoms with E-state index in [1.807, 2.05) is 12.1 Å². The van der Waals surface area contributed by atoms with Crippen LogP contribution in [0.5, 0.6) is 11.5 Å². The van der Waals surface area contributed by atoms with Gasteiger partial charge < -0.3 is 9.05 Å². The number of benzene rings is 2. The molecule has 0 N–H and O–H groups in total. The highest BCUT2D eigenvalue weighted by atomic mass is 31.2. The van der Waals surface area contributed by atoms with Crippen LogP contribution in [0, 0.1) is 6.92 Å². The summed E-state index contributed by atoms with van der Waals surface area (Å²) in [5.74, 6) is 1.99. The highest BCUT2D eigenvalue weighted by Gasteiger charge is 2.32. The fourth-order valence-electron chi connectivity index (χ4n) is 3.14. The van der Waals surface area contributed by atoms with Crippen molar-refractivity contribution in [3.63, 3.8) is 0 Å². The van der Waals surface area contributed by atoms with E-state index in [9.17, 15) is 0 Å². The van der Waals surface area contributed by atoms with Crippen molar-refractivity contribution >= 4 is 8.38 Å². The molecule has 0 saturated carbocycles. The van der Waals surface area contributed by atoms with E-state index in [1.165, 1.54) is 22.3 Å². The lowest BCUT2D eigenvalue weighted by molar-refractivity contribution is 0.462. The van der Waals surface area contributed by atoms with E-state index >= 15 is 0 Å². The van der Waals surface area contributed by atoms with Crippen molar-refractivity contribution in [1.29, 1.82) is 0 Å². The smallest absolute Gasteiger partial charge is 0.295 e. The van der Waals surface area contributed by atoms with Gasteiger partial charge in [0, 0.05) is 16.7 Å². The van der Waals surface area contributed by atoms with E-state index in [-0.39, 0.29) is 10.8 Å². The first-order valence-electron chi connectivity index (χ1n) is 8.93. The van der Waals surface area contributed by atoms with Crippen molar-refractivity contribution in [2.24, 2.45) is 0 Å². The SMILES string of the molecule is Cc1cc(C(C)(C)C)c(OP2Cc3ccccc3O2)c(C(C)(C)C)c1. The van der Waals surface area contributed by atoms with E-state index in [4.69, 9.17) is 9.05 Å². The van der Waals surface area contributed by atoms with Crippen LogP contribution >= 0.6 is 8.38 Å². The molecule has 2 aromatic carbocycles. The number of hydrogen-bond donors (Lipinski definition) is 0. The molecule has 0 fully saturated rings. The zero-order valence-corrected chi connectivity index (χ0v) is 17.3. The molecule has 134 valence electrons. The van der Waals surface area contributed by atoms with Gasteiger partial charge in [-0.1, -0.05) is 77.4 Å². The second-order valence-electron chi connectivity index (χ2n) is 8.97. The summed E-state index contributed by atoms with van der Waals surface area (Å²) in [6, 6.07) is 12.8. The topological polar surface area (TPSA) is 18.5 Å². The van der Waals surface area contributed by atoms with Crippen molar-refractivity contribution in [3.8, 4) is 11.5 Å². The van der Waals surface area contributed by atoms with E-state index in [0.29, 0.717) is 0 Å². The molecule has 1 atom stereocenters. The van der Waals surface area contributed by atoms with Gasteiger partial charge in [0.2, 0.25) is 0 Å². The minimum Gasteiger partial charge on any atom is -0.438 e. The summed E-state index contributed by atoms with van der Waals surface area (Å²) in [6.07, 6.45) is 0.854. The highest BCUT2D eigenvalue weighted by Crippen LogP contribution is 2.54. The molecule has 1 aliphatic rings. The van der Waals surface area contributed by atoms with Crippen LogP contribution in [0.2, 0.25) is 0 Å². The van der Waals surface area contributed by atoms with Crippen LogP contribution in [-0.2, 0) is 17.0 Å². The first kappa shape index (κ1) is 18.3. The fraction of sp³-hybridized carbons (Fsp3) is 0.455. The van der Waals surface area contributed by atoms with Crippen molar-refractivity contribution < 1.29 is 9.05 Å². The highest BCUT2D eigenvalue weighted by molar-refractivity contribution is 7.47. The molecule has 0 bridgehead atoms. The van der Waals surface area contributed by atoms with Crippen molar-refractivity contribution in [3.05, 3.63) is 58.7 Å². The second kappa shape index (κ2) is 6.32. The maximum Gasteiger partial charge on any atom is 0.295 e. The Hall–Kier alpha value is -1.53. The molecule has 25 heavy (non-hydrogen) atoms. The fourth-order valence-corrected chi connectivity index (χ4v) is 4.65. The molecule has 1 aliphatic heterocycles. The molecule has 0 aromatic heterocycles. The molecule has 1 heterocycles. The second-order valence-corrected chi connectivity index (χ2v) is 10.3. The summed E-state index contributed by atoms with van der Waals surface area (Å²) in [4.78, 5) is 0. The lowest BCUT2D eigenvalue weighted by Gasteiger charge is -2.31. The third-order valence-corrected chi connectivity index (χ3v) is 5.90. The standard InChI is InChI=1S/C22H29O2P/c1-15-12-17(21(2,3)4)20(18(13-15)22(5,6)7)24-25-14-16-10-8-9-11-19(16)23-25/h8-13H,14H2,1-7H3. The quantitative estimate of drug-likeness (QED) is 0.546. The Morgan fingerprint density at radius 3 is 2.00 bits per heavy atom. The molecule has 1 unspecified atom stereocenters. The lowest BCUT2D eigenvalue weighted by atomic mass is 9.78. The van der Waals surface area contributed by atoms with Gasteiger partial charge in [-0.15, -0.1) is 0 Å². The Morgan fingerprint density at radius 1 is 0.920 bits per heavy atom. The van der Waals surface area contributed by atoms with Gasteiger partial charge in [0.05, 0.1) is 6.16 Å². The van der Waals surface area contributed by atoms with Gasteiger partial charge in [-0.25, -0.2) is 0 Å². The van der Waals surface area contributed by atoms with Crippen molar-refractivity contribution in [1.82, 2.24) is 0 Å². The van der Waals surface area contributed by atoms with E-state index in [0.717, 1.165) is 17.7 Å². The molecule has 3 rings (SSSR count). The van der Waals surface area contributed by atoms with Crippen molar-refractivity contribution in [2.45, 2.75) is 65.5 Å². The average Bonchev–Trinajstić information content (AvgIpc) is 2.88. The number of fused-ring (bicyclic) bond motifs is 1. The van der Waals surface area contributed by atoms with Gasteiger partial charge in [-0.05, 0) is 23.8 Å². The molecule has 0 saturated heterocycles. The van der Waals surface area contributed by atoms with Gasteiger partial charge in [0.25, 0.3) is 8.38 Å². The lowest BCUT2D eigenvalue weighted by Crippen LogP contribution is -2.19. The molecular formula is C22H29O2P. The molecule has 0 aliphatic carbocycles. The van der Waals surface area contributed by atoms with Gasteiger partial charge in [0.15, 0.2) is 0 Å². The average molecular weight is 356 g/mol. The third kappa shape index (κ3) is 3.85. The Bertz CT molecular complexity index is 721. The predicted molar refractivity (Wildman–Crippen MR) is 107 cm³/mol. The predicted octanol–water partition coefficient (Wildman–Crippen LogP) is 6.87. The Balaban J connectivity index is 2.03. The summed E-state index contributed by atoms with van der Waals surface area (Å²) in [5.41, 5.74) is 5.09. The molecular weight excluding hydrogens is 327 g/mol. The van der Waals surface area contributed by atoms with Crippen LogP contribution in [0.1, 0.15) is 63.8 Å². The molecule has 0 amide bonds. The van der Waals surface area contributed by atoms with Crippen LogP contribution < -0.4 is 9.05 Å². The molecule has 0 spiro atoms. The van der Waals surface area contributed by atoms with Crippen LogP contribution in [0.25, 0.3) is 0 Å². The maximum atomic E-state index is 6.57. The monoisotopic (exact) mass is 356 g/mol. The molecule has 2 aromatic rings. The summed E-state index contributed by atoms with van der Waals surface area (Å²) in [5, 5.41) is 0. The zero-order chi connectivity index (χ0) is 18.4. The minimum absolute atomic E-state index is 0.0171. The summed E-state index contributed by atoms with van der Waals surface area (Å²) < 4.78 is 12.7. The largest absolute Gasteiger partial charge is 0.438 e. The Morgan fingerprint density at radius 2 is 1.48 bits per heavy atom. The molecule has 3 heteroatoms. The third-order valence-electron chi connectivity index (χ3n) is 4.51. The number of aryl methyl sites for hydroxylation is 1. The summed E-state index contributed by atoms with van der Waals surface area (Å²) in [6.45, 7) is 15.7. The summed E-state index contributed by atoms with van der Waals surface area (Å²) >= 11 is 0. The first-order chi connectivity index (χ1) is 11.6. The Labute approximate surface area is 153 Å². The van der Waals surface area contributed by atoms with Crippen molar-refractivity contribution in [2.75, 3.05) is 0 Å². The van der Waals surface area contributed by atoms with E-state index < -0.39 is 8.38 Å². The van der Waals surface area contributed by atoms with Gasteiger partial charge >= 0.3 is 0 Å². The van der Waals surface area contributed by atoms with Gasteiger partial charge in [-0.2, -0.15) is 0 Å². The number of hydrogen-bond acceptors (Lipinski definition) is 2. The normalized spacial score (nSPS) is 17.2. The minimum atomic E-state index is -0.985. The van der Waals surface area contributed by atoms with Crippen LogP contribution in [0.3, 0.4) is 0 Å². The van der Waals surface area contributed by atoms with E-state index in [1.54, 1.807) is 0 Å². The zero-order valence-electron chi connectivity index (χ0n) is 16.4. The van der Waals surface area contributed by atoms with Crippen LogP contribution in [0.4, 0.5) is 0 Å². The first-order valence-corrected chi connectivity index (χ1v) is 10.3. The van der Waals surface area contributed by atoms with Gasteiger partial charge in [-0.3, -0.25) is 0 Å². The Kier molecular flexibility index (Phi) is 4.62. The maximum absolute atomic E-state index is 6.57. The molecule has 2 nitrogen and oxygen atoms in total. The van der Waals surface area contributed by atoms with Crippen LogP contribution in [0.15, 0.2) is 36.4 Å². The summed E-state index contributed by atoms with van der Waals surface area (Å²) in [7, 11) is -0.985. The van der Waals surface area contributed by atoms with Crippen LogP contribution in [-0.4, -0.2) is 0 Å². The number of rotatable bonds is 2.